The predicted molar refractivity (Wildman–Crippen MR) is 59.3 cm³/mol. The van der Waals surface area contributed by atoms with E-state index in [1.54, 1.807) is 0 Å². The smallest absolute Gasteiger partial charge is 0.243 e. The minimum Gasteiger partial charge on any atom is -0.337 e. The number of pyridine rings is 1. The van der Waals surface area contributed by atoms with Gasteiger partial charge in [-0.2, -0.15) is 4.98 Å². The summed E-state index contributed by atoms with van der Waals surface area (Å²) in [7, 11) is 0. The summed E-state index contributed by atoms with van der Waals surface area (Å²) in [5.41, 5.74) is 6.31. The van der Waals surface area contributed by atoms with E-state index in [9.17, 15) is 4.39 Å². The van der Waals surface area contributed by atoms with E-state index in [4.69, 9.17) is 10.3 Å². The summed E-state index contributed by atoms with van der Waals surface area (Å²) in [6, 6.07) is 2.53. The van der Waals surface area contributed by atoms with E-state index >= 15 is 0 Å². The molecule has 2 aromatic rings. The molecule has 17 heavy (non-hydrogen) atoms. The molecule has 0 amide bonds. The monoisotopic (exact) mass is 236 g/mol. The molecule has 0 aliphatic carbocycles. The Bertz CT molecular complexity index is 482. The Labute approximate surface area is 97.9 Å². The molecule has 0 unspecified atom stereocenters. The fourth-order valence-electron chi connectivity index (χ4n) is 1.43. The molecule has 2 heterocycles. The van der Waals surface area contributed by atoms with Crippen LogP contribution in [0.15, 0.2) is 22.9 Å². The van der Waals surface area contributed by atoms with Crippen LogP contribution in [-0.4, -0.2) is 15.1 Å². The molecule has 2 rings (SSSR count). The van der Waals surface area contributed by atoms with E-state index in [1.807, 2.05) is 6.92 Å². The highest BCUT2D eigenvalue weighted by molar-refractivity contribution is 5.47. The van der Waals surface area contributed by atoms with E-state index in [2.05, 4.69) is 15.1 Å². The molecular weight excluding hydrogens is 223 g/mol. The number of aromatic nitrogens is 3. The van der Waals surface area contributed by atoms with Crippen LogP contribution in [0.1, 0.15) is 31.7 Å². The number of nitrogens with two attached hydrogens (primary N) is 1. The van der Waals surface area contributed by atoms with Gasteiger partial charge >= 0.3 is 0 Å². The molecule has 90 valence electrons. The lowest BCUT2D eigenvalue weighted by molar-refractivity contribution is 0.348. The van der Waals surface area contributed by atoms with Crippen molar-refractivity contribution in [2.24, 2.45) is 5.73 Å². The maximum absolute atomic E-state index is 12.7. The van der Waals surface area contributed by atoms with Gasteiger partial charge in [-0.05, 0) is 18.6 Å². The lowest BCUT2D eigenvalue weighted by atomic mass is 10.2. The van der Waals surface area contributed by atoms with Crippen molar-refractivity contribution in [3.63, 3.8) is 0 Å². The summed E-state index contributed by atoms with van der Waals surface area (Å²) in [5.74, 6) is 0.305. The summed E-state index contributed by atoms with van der Waals surface area (Å²) >= 11 is 0. The molecule has 1 atom stereocenters. The maximum Gasteiger partial charge on any atom is 0.243 e. The number of hydrogen-bond acceptors (Lipinski definition) is 5. The first-order valence-corrected chi connectivity index (χ1v) is 5.42. The fourth-order valence-corrected chi connectivity index (χ4v) is 1.43. The molecule has 0 aliphatic rings. The van der Waals surface area contributed by atoms with E-state index in [0.29, 0.717) is 17.4 Å². The summed E-state index contributed by atoms with van der Waals surface area (Å²) in [6.45, 7) is 2.03. The first kappa shape index (κ1) is 11.7. The number of nitrogens with zero attached hydrogens (tertiary/aromatic N) is 3. The largest absolute Gasteiger partial charge is 0.337 e. The van der Waals surface area contributed by atoms with E-state index < -0.39 is 5.82 Å². The number of halogens is 1. The Hall–Kier alpha value is -1.82. The molecule has 0 aliphatic heterocycles. The van der Waals surface area contributed by atoms with E-state index in [-0.39, 0.29) is 6.04 Å². The Morgan fingerprint density at radius 2 is 2.29 bits per heavy atom. The van der Waals surface area contributed by atoms with Crippen molar-refractivity contribution in [2.75, 3.05) is 0 Å². The zero-order chi connectivity index (χ0) is 12.3. The Balaban J connectivity index is 2.20. The molecule has 0 spiro atoms. The zero-order valence-electron chi connectivity index (χ0n) is 9.43. The van der Waals surface area contributed by atoms with Gasteiger partial charge in [-0.1, -0.05) is 18.5 Å². The van der Waals surface area contributed by atoms with Crippen LogP contribution >= 0.6 is 0 Å². The maximum atomic E-state index is 12.7. The Kier molecular flexibility index (Phi) is 3.43. The summed E-state index contributed by atoms with van der Waals surface area (Å²) < 4.78 is 17.7. The van der Waals surface area contributed by atoms with Crippen LogP contribution in [0, 0.1) is 5.82 Å². The summed E-state index contributed by atoms with van der Waals surface area (Å²) in [6.07, 6.45) is 2.82. The number of rotatable bonds is 4. The molecule has 0 saturated carbocycles. The molecule has 0 aromatic carbocycles. The average Bonchev–Trinajstić information content (AvgIpc) is 2.80. The Morgan fingerprint density at radius 1 is 1.47 bits per heavy atom. The van der Waals surface area contributed by atoms with Crippen molar-refractivity contribution in [2.45, 2.75) is 25.8 Å². The molecule has 0 bridgehead atoms. The Morgan fingerprint density at radius 3 is 2.94 bits per heavy atom. The lowest BCUT2D eigenvalue weighted by Gasteiger charge is -2.01. The van der Waals surface area contributed by atoms with Gasteiger partial charge in [0.1, 0.15) is 11.5 Å². The zero-order valence-corrected chi connectivity index (χ0v) is 9.43. The van der Waals surface area contributed by atoms with Crippen molar-refractivity contribution in [3.8, 4) is 11.5 Å². The normalized spacial score (nSPS) is 12.6. The minimum absolute atomic E-state index is 0.262. The van der Waals surface area contributed by atoms with Gasteiger partial charge < -0.3 is 10.3 Å². The van der Waals surface area contributed by atoms with Crippen LogP contribution in [0.3, 0.4) is 0 Å². The first-order chi connectivity index (χ1) is 8.20. The standard InChI is InChI=1S/C11H13FN4O/c1-2-3-8(13)11-15-10(16-17-11)9-5-4-7(12)6-14-9/h4-6,8H,2-3,13H2,1H3/t8-/m0/s1. The highest BCUT2D eigenvalue weighted by atomic mass is 19.1. The minimum atomic E-state index is -0.403. The van der Waals surface area contributed by atoms with Crippen LogP contribution in [0.2, 0.25) is 0 Å². The topological polar surface area (TPSA) is 77.8 Å². The molecule has 0 fully saturated rings. The van der Waals surface area contributed by atoms with Crippen LogP contribution in [-0.2, 0) is 0 Å². The van der Waals surface area contributed by atoms with Crippen LogP contribution < -0.4 is 5.73 Å². The van der Waals surface area contributed by atoms with Gasteiger partial charge in [0, 0.05) is 0 Å². The van der Waals surface area contributed by atoms with Crippen molar-refractivity contribution in [3.05, 3.63) is 30.0 Å². The molecule has 0 saturated heterocycles. The quantitative estimate of drug-likeness (QED) is 0.879. The van der Waals surface area contributed by atoms with Gasteiger partial charge in [-0.15, -0.1) is 0 Å². The predicted octanol–water partition coefficient (Wildman–Crippen LogP) is 2.07. The van der Waals surface area contributed by atoms with Crippen molar-refractivity contribution in [1.82, 2.24) is 15.1 Å². The van der Waals surface area contributed by atoms with Gasteiger partial charge in [0.05, 0.1) is 12.2 Å². The van der Waals surface area contributed by atoms with Crippen LogP contribution in [0.4, 0.5) is 4.39 Å². The first-order valence-electron chi connectivity index (χ1n) is 5.42. The summed E-state index contributed by atoms with van der Waals surface area (Å²) in [5, 5.41) is 3.77. The molecule has 5 nitrogen and oxygen atoms in total. The fraction of sp³-hybridized carbons (Fsp3) is 0.364. The summed E-state index contributed by atoms with van der Waals surface area (Å²) in [4.78, 5) is 8.01. The van der Waals surface area contributed by atoms with Gasteiger partial charge in [-0.25, -0.2) is 9.37 Å². The SMILES string of the molecule is CCC[C@H](N)c1nc(-c2ccc(F)cn2)no1. The second-order valence-electron chi connectivity index (χ2n) is 3.71. The number of hydrogen-bond donors (Lipinski definition) is 1. The lowest BCUT2D eigenvalue weighted by Crippen LogP contribution is -2.09. The average molecular weight is 236 g/mol. The molecule has 0 radical (unpaired) electrons. The van der Waals surface area contributed by atoms with Crippen LogP contribution in [0.25, 0.3) is 11.5 Å². The highest BCUT2D eigenvalue weighted by Gasteiger charge is 2.15. The van der Waals surface area contributed by atoms with Crippen molar-refractivity contribution < 1.29 is 8.91 Å². The molecule has 2 N–H and O–H groups in total. The second kappa shape index (κ2) is 5.01. The van der Waals surface area contributed by atoms with Crippen molar-refractivity contribution >= 4 is 0 Å². The third-order valence-corrected chi connectivity index (χ3v) is 2.32. The molecular formula is C11H13FN4O. The van der Waals surface area contributed by atoms with Crippen LogP contribution in [0.5, 0.6) is 0 Å². The van der Waals surface area contributed by atoms with Gasteiger partial charge in [-0.3, -0.25) is 0 Å². The second-order valence-corrected chi connectivity index (χ2v) is 3.71. The van der Waals surface area contributed by atoms with Gasteiger partial charge in [0.2, 0.25) is 11.7 Å². The third kappa shape index (κ3) is 2.65. The van der Waals surface area contributed by atoms with Gasteiger partial charge in [0.15, 0.2) is 0 Å². The third-order valence-electron chi connectivity index (χ3n) is 2.32. The molecule has 6 heteroatoms. The van der Waals surface area contributed by atoms with E-state index in [1.165, 1.54) is 12.1 Å². The van der Waals surface area contributed by atoms with E-state index in [0.717, 1.165) is 19.0 Å². The highest BCUT2D eigenvalue weighted by Crippen LogP contribution is 2.18. The van der Waals surface area contributed by atoms with Crippen molar-refractivity contribution in [1.29, 1.82) is 0 Å². The van der Waals surface area contributed by atoms with Gasteiger partial charge in [0.25, 0.3) is 0 Å². The molecule has 2 aromatic heterocycles.